The molecule has 0 amide bonds. The summed E-state index contributed by atoms with van der Waals surface area (Å²) in [4.78, 5) is 0. The summed E-state index contributed by atoms with van der Waals surface area (Å²) in [5.41, 5.74) is 5.76. The monoisotopic (exact) mass is 251 g/mol. The van der Waals surface area contributed by atoms with Gasteiger partial charge in [-0.05, 0) is 19.3 Å². The first kappa shape index (κ1) is 15.3. The zero-order valence-corrected chi connectivity index (χ0v) is 9.43. The fourth-order valence-corrected chi connectivity index (χ4v) is 1.11. The maximum atomic E-state index is 8.39. The number of unbranched alkanes of at least 4 members (excludes halogenated alkanes) is 1. The smallest absolute Gasteiger partial charge is 0.402 e. The molecule has 1 aromatic heterocycles. The molecule has 0 bridgehead atoms. The SMILES string of the molecule is Cl.NC(CCCCOB(O)O)c1nn[nH]n1. The molecule has 1 atom stereocenters. The standard InChI is InChI=1S/C6H14BN5O3.ClH/c8-5(6-9-11-12-10-6)3-1-2-4-15-7(13)14;/h5,13-14H,1-4,8H2,(H,9,10,11,12);1H. The van der Waals surface area contributed by atoms with Gasteiger partial charge in [0.15, 0.2) is 5.82 Å². The quantitative estimate of drug-likeness (QED) is 0.353. The van der Waals surface area contributed by atoms with Crippen molar-refractivity contribution in [1.82, 2.24) is 20.6 Å². The number of halogens is 1. The van der Waals surface area contributed by atoms with E-state index in [1.807, 2.05) is 0 Å². The van der Waals surface area contributed by atoms with E-state index >= 15 is 0 Å². The minimum Gasteiger partial charge on any atom is -0.402 e. The summed E-state index contributed by atoms with van der Waals surface area (Å²) in [7, 11) is -1.70. The van der Waals surface area contributed by atoms with E-state index in [2.05, 4.69) is 25.3 Å². The molecular weight excluding hydrogens is 236 g/mol. The summed E-state index contributed by atoms with van der Waals surface area (Å²) < 4.78 is 4.53. The van der Waals surface area contributed by atoms with Gasteiger partial charge in [-0.15, -0.1) is 22.6 Å². The van der Waals surface area contributed by atoms with Crippen molar-refractivity contribution in [3.63, 3.8) is 0 Å². The number of hydrogen-bond donors (Lipinski definition) is 4. The molecule has 0 saturated carbocycles. The van der Waals surface area contributed by atoms with E-state index in [0.717, 1.165) is 6.42 Å². The van der Waals surface area contributed by atoms with Crippen LogP contribution < -0.4 is 5.73 Å². The summed E-state index contributed by atoms with van der Waals surface area (Å²) in [5.74, 6) is 0.484. The second kappa shape index (κ2) is 8.42. The maximum Gasteiger partial charge on any atom is 0.633 e. The van der Waals surface area contributed by atoms with Gasteiger partial charge in [0.2, 0.25) is 0 Å². The lowest BCUT2D eigenvalue weighted by Gasteiger charge is -2.06. The van der Waals surface area contributed by atoms with Crippen molar-refractivity contribution in [2.24, 2.45) is 5.73 Å². The van der Waals surface area contributed by atoms with Crippen molar-refractivity contribution >= 4 is 19.7 Å². The van der Waals surface area contributed by atoms with Crippen LogP contribution >= 0.6 is 12.4 Å². The summed E-state index contributed by atoms with van der Waals surface area (Å²) in [5, 5.41) is 30.0. The Kier molecular flexibility index (Phi) is 8.03. The normalized spacial score (nSPS) is 11.9. The third-order valence-corrected chi connectivity index (χ3v) is 1.87. The highest BCUT2D eigenvalue weighted by molar-refractivity contribution is 6.32. The van der Waals surface area contributed by atoms with E-state index in [9.17, 15) is 0 Å². The average molecular weight is 251 g/mol. The van der Waals surface area contributed by atoms with Gasteiger partial charge in [0, 0.05) is 6.61 Å². The predicted molar refractivity (Wildman–Crippen MR) is 58.3 cm³/mol. The Bertz CT molecular complexity index is 263. The fraction of sp³-hybridized carbons (Fsp3) is 0.833. The Morgan fingerprint density at radius 1 is 1.44 bits per heavy atom. The number of nitrogens with two attached hydrogens (primary N) is 1. The second-order valence-electron chi connectivity index (χ2n) is 3.07. The number of nitrogens with one attached hydrogen (secondary N) is 1. The van der Waals surface area contributed by atoms with E-state index < -0.39 is 7.32 Å². The molecule has 0 aromatic carbocycles. The van der Waals surface area contributed by atoms with Crippen LogP contribution in [0.15, 0.2) is 0 Å². The topological polar surface area (TPSA) is 130 Å². The Morgan fingerprint density at radius 2 is 2.19 bits per heavy atom. The molecule has 1 aromatic rings. The molecule has 0 aliphatic heterocycles. The number of nitrogens with zero attached hydrogens (tertiary/aromatic N) is 3. The molecule has 16 heavy (non-hydrogen) atoms. The first-order valence-electron chi connectivity index (χ1n) is 4.67. The third kappa shape index (κ3) is 5.98. The van der Waals surface area contributed by atoms with Gasteiger partial charge in [-0.1, -0.05) is 5.21 Å². The van der Waals surface area contributed by atoms with Gasteiger partial charge in [-0.2, -0.15) is 5.21 Å². The Labute approximate surface area is 99.2 Å². The zero-order valence-electron chi connectivity index (χ0n) is 8.61. The number of H-pyrrole nitrogens is 1. The highest BCUT2D eigenvalue weighted by atomic mass is 35.5. The van der Waals surface area contributed by atoms with Crippen LogP contribution in [0, 0.1) is 0 Å². The number of tetrazole rings is 1. The minimum atomic E-state index is -1.70. The highest BCUT2D eigenvalue weighted by Crippen LogP contribution is 2.10. The molecule has 0 radical (unpaired) electrons. The van der Waals surface area contributed by atoms with Gasteiger partial charge in [0.25, 0.3) is 0 Å². The van der Waals surface area contributed by atoms with Gasteiger partial charge in [0.1, 0.15) is 0 Å². The van der Waals surface area contributed by atoms with Crippen molar-refractivity contribution in [2.75, 3.05) is 6.61 Å². The summed E-state index contributed by atoms with van der Waals surface area (Å²) in [6.45, 7) is 0.288. The van der Waals surface area contributed by atoms with Crippen LogP contribution in [0.4, 0.5) is 0 Å². The van der Waals surface area contributed by atoms with Gasteiger partial charge in [-0.25, -0.2) is 0 Å². The van der Waals surface area contributed by atoms with Crippen molar-refractivity contribution in [2.45, 2.75) is 25.3 Å². The lowest BCUT2D eigenvalue weighted by molar-refractivity contribution is 0.181. The lowest BCUT2D eigenvalue weighted by Crippen LogP contribution is -2.18. The second-order valence-corrected chi connectivity index (χ2v) is 3.07. The average Bonchev–Trinajstić information content (AvgIpc) is 2.69. The van der Waals surface area contributed by atoms with Crippen LogP contribution in [0.25, 0.3) is 0 Å². The van der Waals surface area contributed by atoms with Crippen molar-refractivity contribution in [1.29, 1.82) is 0 Å². The highest BCUT2D eigenvalue weighted by Gasteiger charge is 2.11. The molecule has 8 nitrogen and oxygen atoms in total. The molecule has 10 heteroatoms. The van der Waals surface area contributed by atoms with Crippen LogP contribution in [-0.4, -0.2) is 44.6 Å². The molecule has 0 saturated heterocycles. The summed E-state index contributed by atoms with van der Waals surface area (Å²) in [6.07, 6.45) is 2.19. The lowest BCUT2D eigenvalue weighted by atomic mass is 10.1. The molecule has 0 aliphatic rings. The Morgan fingerprint density at radius 3 is 2.75 bits per heavy atom. The maximum absolute atomic E-state index is 8.39. The Balaban J connectivity index is 0.00000225. The van der Waals surface area contributed by atoms with Crippen LogP contribution in [-0.2, 0) is 4.65 Å². The number of aromatic amines is 1. The van der Waals surface area contributed by atoms with E-state index in [0.29, 0.717) is 18.7 Å². The molecule has 1 unspecified atom stereocenters. The molecule has 0 fully saturated rings. The van der Waals surface area contributed by atoms with E-state index in [1.54, 1.807) is 0 Å². The first-order chi connectivity index (χ1) is 7.20. The molecule has 0 aliphatic carbocycles. The summed E-state index contributed by atoms with van der Waals surface area (Å²) >= 11 is 0. The largest absolute Gasteiger partial charge is 0.633 e. The number of aromatic nitrogens is 4. The number of hydrogen-bond acceptors (Lipinski definition) is 7. The van der Waals surface area contributed by atoms with Gasteiger partial charge in [-0.3, -0.25) is 0 Å². The fourth-order valence-electron chi connectivity index (χ4n) is 1.11. The summed E-state index contributed by atoms with van der Waals surface area (Å²) in [6, 6.07) is -0.247. The van der Waals surface area contributed by atoms with Crippen molar-refractivity contribution in [3.8, 4) is 0 Å². The molecule has 92 valence electrons. The molecule has 5 N–H and O–H groups in total. The van der Waals surface area contributed by atoms with Crippen LogP contribution in [0.3, 0.4) is 0 Å². The van der Waals surface area contributed by atoms with Crippen LogP contribution in [0.2, 0.25) is 0 Å². The van der Waals surface area contributed by atoms with Crippen LogP contribution in [0.5, 0.6) is 0 Å². The molecule has 1 rings (SSSR count). The zero-order chi connectivity index (χ0) is 11.1. The predicted octanol–water partition coefficient (Wildman–Crippen LogP) is -1.22. The van der Waals surface area contributed by atoms with Crippen molar-refractivity contribution < 1.29 is 14.7 Å². The van der Waals surface area contributed by atoms with E-state index in [-0.39, 0.29) is 25.1 Å². The third-order valence-electron chi connectivity index (χ3n) is 1.87. The van der Waals surface area contributed by atoms with E-state index in [4.69, 9.17) is 15.8 Å². The first-order valence-corrected chi connectivity index (χ1v) is 4.67. The minimum absolute atomic E-state index is 0. The van der Waals surface area contributed by atoms with Crippen LogP contribution in [0.1, 0.15) is 31.1 Å². The Hall–Kier alpha value is -0.735. The van der Waals surface area contributed by atoms with Gasteiger partial charge >= 0.3 is 7.32 Å². The van der Waals surface area contributed by atoms with E-state index in [1.165, 1.54) is 0 Å². The van der Waals surface area contributed by atoms with Crippen molar-refractivity contribution in [3.05, 3.63) is 5.82 Å². The molecular formula is C6H15BClN5O3. The number of rotatable bonds is 7. The van der Waals surface area contributed by atoms with Gasteiger partial charge < -0.3 is 20.4 Å². The molecule has 0 spiro atoms. The van der Waals surface area contributed by atoms with Gasteiger partial charge in [0.05, 0.1) is 6.04 Å². The molecule has 1 heterocycles.